The summed E-state index contributed by atoms with van der Waals surface area (Å²) >= 11 is 0. The van der Waals surface area contributed by atoms with Gasteiger partial charge in [-0.3, -0.25) is 4.79 Å². The van der Waals surface area contributed by atoms with E-state index in [0.29, 0.717) is 30.2 Å². The number of carbonyl (C=O) groups is 1. The average molecular weight is 363 g/mol. The van der Waals surface area contributed by atoms with E-state index in [1.807, 2.05) is 43.3 Å². The topological polar surface area (TPSA) is 59.6 Å². The molecular formula is C19H23ClN2O3. The van der Waals surface area contributed by atoms with Crippen molar-refractivity contribution in [3.63, 3.8) is 0 Å². The van der Waals surface area contributed by atoms with Crippen molar-refractivity contribution in [2.75, 3.05) is 37.5 Å². The minimum Gasteiger partial charge on any atom is -0.489 e. The van der Waals surface area contributed by atoms with Gasteiger partial charge in [0.25, 0.3) is 5.91 Å². The minimum absolute atomic E-state index is 0. The van der Waals surface area contributed by atoms with Gasteiger partial charge in [0.1, 0.15) is 12.4 Å². The molecule has 1 aliphatic rings. The number of aryl methyl sites for hydroxylation is 1. The molecule has 2 aromatic carbocycles. The summed E-state index contributed by atoms with van der Waals surface area (Å²) in [4.78, 5) is 12.6. The van der Waals surface area contributed by atoms with Crippen LogP contribution in [0.15, 0.2) is 36.4 Å². The van der Waals surface area contributed by atoms with E-state index in [0.717, 1.165) is 24.2 Å². The van der Waals surface area contributed by atoms with Crippen LogP contribution in [0.25, 0.3) is 0 Å². The monoisotopic (exact) mass is 362 g/mol. The highest BCUT2D eigenvalue weighted by atomic mass is 35.5. The maximum Gasteiger partial charge on any atom is 0.255 e. The Hall–Kier alpha value is -2.24. The van der Waals surface area contributed by atoms with Gasteiger partial charge in [-0.1, -0.05) is 6.07 Å². The number of halogens is 1. The lowest BCUT2D eigenvalue weighted by atomic mass is 10.1. The Bertz CT molecular complexity index is 749. The molecule has 25 heavy (non-hydrogen) atoms. The first kappa shape index (κ1) is 19.1. The molecule has 0 radical (unpaired) electrons. The Morgan fingerprint density at radius 1 is 1.20 bits per heavy atom. The van der Waals surface area contributed by atoms with E-state index in [2.05, 4.69) is 10.6 Å². The van der Waals surface area contributed by atoms with Crippen LogP contribution in [0.5, 0.6) is 5.75 Å². The average Bonchev–Trinajstić information content (AvgIpc) is 3.05. The van der Waals surface area contributed by atoms with Gasteiger partial charge in [0.2, 0.25) is 0 Å². The van der Waals surface area contributed by atoms with Gasteiger partial charge in [0.05, 0.1) is 12.3 Å². The fourth-order valence-electron chi connectivity index (χ4n) is 2.73. The lowest BCUT2D eigenvalue weighted by Crippen LogP contribution is -2.14. The summed E-state index contributed by atoms with van der Waals surface area (Å²) in [6.07, 6.45) is 0.951. The van der Waals surface area contributed by atoms with Gasteiger partial charge >= 0.3 is 0 Å². The summed E-state index contributed by atoms with van der Waals surface area (Å²) in [7, 11) is 1.63. The minimum atomic E-state index is -0.134. The first-order valence-electron chi connectivity index (χ1n) is 8.08. The Morgan fingerprint density at radius 3 is 2.84 bits per heavy atom. The standard InChI is InChI=1S/C19H22N2O3.ClH/c1-13-3-5-17(18(11-13)24-10-9-23-2)21-19(22)15-4-6-16-14(12-15)7-8-20-16;/h3-6,11-12,20H,7-10H2,1-2H3,(H,21,22);1H. The van der Waals surface area contributed by atoms with E-state index in [4.69, 9.17) is 9.47 Å². The second-order valence-electron chi connectivity index (χ2n) is 5.84. The Balaban J connectivity index is 0.00000225. The molecule has 0 fully saturated rings. The third-order valence-corrected chi connectivity index (χ3v) is 4.01. The Morgan fingerprint density at radius 2 is 2.04 bits per heavy atom. The van der Waals surface area contributed by atoms with Crippen molar-refractivity contribution >= 4 is 29.7 Å². The van der Waals surface area contributed by atoms with Crippen LogP contribution in [-0.4, -0.2) is 32.8 Å². The maximum absolute atomic E-state index is 12.6. The van der Waals surface area contributed by atoms with Gasteiger partial charge in [-0.2, -0.15) is 0 Å². The van der Waals surface area contributed by atoms with Crippen LogP contribution >= 0.6 is 12.4 Å². The molecule has 2 aromatic rings. The fourth-order valence-corrected chi connectivity index (χ4v) is 2.73. The fraction of sp³-hybridized carbons (Fsp3) is 0.316. The van der Waals surface area contributed by atoms with Crippen LogP contribution in [0.2, 0.25) is 0 Å². The molecule has 0 atom stereocenters. The van der Waals surface area contributed by atoms with Crippen LogP contribution in [0, 0.1) is 6.92 Å². The summed E-state index contributed by atoms with van der Waals surface area (Å²) in [5.74, 6) is 0.522. The highest BCUT2D eigenvalue weighted by molar-refractivity contribution is 6.05. The lowest BCUT2D eigenvalue weighted by molar-refractivity contribution is 0.102. The van der Waals surface area contributed by atoms with Gasteiger partial charge in [-0.25, -0.2) is 0 Å². The summed E-state index contributed by atoms with van der Waals surface area (Å²) in [5, 5.41) is 6.24. The number of hydrogen-bond acceptors (Lipinski definition) is 4. The third kappa shape index (κ3) is 4.65. The molecule has 0 saturated heterocycles. The first-order valence-corrected chi connectivity index (χ1v) is 8.08. The van der Waals surface area contributed by atoms with Crippen molar-refractivity contribution in [2.24, 2.45) is 0 Å². The number of fused-ring (bicyclic) bond motifs is 1. The van der Waals surface area contributed by atoms with Gasteiger partial charge < -0.3 is 20.1 Å². The molecule has 0 aromatic heterocycles. The summed E-state index contributed by atoms with van der Waals surface area (Å²) < 4.78 is 10.7. The number of anilines is 2. The largest absolute Gasteiger partial charge is 0.489 e. The molecule has 0 aliphatic carbocycles. The van der Waals surface area contributed by atoms with E-state index in [1.54, 1.807) is 7.11 Å². The molecule has 1 amide bonds. The van der Waals surface area contributed by atoms with E-state index in [9.17, 15) is 4.79 Å². The molecule has 1 aliphatic heterocycles. The molecule has 0 spiro atoms. The second-order valence-corrected chi connectivity index (χ2v) is 5.84. The van der Waals surface area contributed by atoms with Crippen LogP contribution < -0.4 is 15.4 Å². The Labute approximate surface area is 154 Å². The number of nitrogens with one attached hydrogen (secondary N) is 2. The zero-order valence-electron chi connectivity index (χ0n) is 14.4. The molecule has 3 rings (SSSR count). The van der Waals surface area contributed by atoms with Gasteiger partial charge in [-0.15, -0.1) is 12.4 Å². The van der Waals surface area contributed by atoms with Crippen molar-refractivity contribution in [3.05, 3.63) is 53.1 Å². The van der Waals surface area contributed by atoms with E-state index in [1.165, 1.54) is 5.56 Å². The highest BCUT2D eigenvalue weighted by Gasteiger charge is 2.15. The second kappa shape index (κ2) is 8.74. The lowest BCUT2D eigenvalue weighted by Gasteiger charge is -2.13. The number of rotatable bonds is 6. The number of amides is 1. The number of carbonyl (C=O) groups excluding carboxylic acids is 1. The van der Waals surface area contributed by atoms with Crippen LogP contribution in [-0.2, 0) is 11.2 Å². The zero-order chi connectivity index (χ0) is 16.9. The molecule has 2 N–H and O–H groups in total. The Kier molecular flexibility index (Phi) is 6.67. The number of ether oxygens (including phenoxy) is 2. The summed E-state index contributed by atoms with van der Waals surface area (Å²) in [6, 6.07) is 11.5. The normalized spacial score (nSPS) is 11.9. The van der Waals surface area contributed by atoms with Crippen LogP contribution in [0.1, 0.15) is 21.5 Å². The van der Waals surface area contributed by atoms with Crippen molar-refractivity contribution < 1.29 is 14.3 Å². The zero-order valence-corrected chi connectivity index (χ0v) is 15.2. The van der Waals surface area contributed by atoms with Gasteiger partial charge in [0, 0.05) is 24.9 Å². The smallest absolute Gasteiger partial charge is 0.255 e. The highest BCUT2D eigenvalue weighted by Crippen LogP contribution is 2.27. The number of methoxy groups -OCH3 is 1. The number of hydrogen-bond donors (Lipinski definition) is 2. The van der Waals surface area contributed by atoms with E-state index >= 15 is 0 Å². The van der Waals surface area contributed by atoms with Crippen molar-refractivity contribution in [2.45, 2.75) is 13.3 Å². The predicted octanol–water partition coefficient (Wildman–Crippen LogP) is 3.66. The third-order valence-electron chi connectivity index (χ3n) is 4.01. The maximum atomic E-state index is 12.6. The first-order chi connectivity index (χ1) is 11.7. The van der Waals surface area contributed by atoms with Crippen molar-refractivity contribution in [1.82, 2.24) is 0 Å². The quantitative estimate of drug-likeness (QED) is 0.770. The molecule has 1 heterocycles. The molecule has 6 heteroatoms. The van der Waals surface area contributed by atoms with Crippen molar-refractivity contribution in [1.29, 1.82) is 0 Å². The molecule has 0 bridgehead atoms. The van der Waals surface area contributed by atoms with Crippen LogP contribution in [0.3, 0.4) is 0 Å². The molecule has 5 nitrogen and oxygen atoms in total. The molecule has 0 saturated carbocycles. The number of benzene rings is 2. The summed E-state index contributed by atoms with van der Waals surface area (Å²) in [6.45, 7) is 3.85. The SMILES string of the molecule is COCCOc1cc(C)ccc1NC(=O)c1ccc2c(c1)CCN2.Cl. The summed E-state index contributed by atoms with van der Waals surface area (Å²) in [5.41, 5.74) is 4.69. The van der Waals surface area contributed by atoms with Crippen molar-refractivity contribution in [3.8, 4) is 5.75 Å². The van der Waals surface area contributed by atoms with Gasteiger partial charge in [0.15, 0.2) is 0 Å². The van der Waals surface area contributed by atoms with E-state index in [-0.39, 0.29) is 18.3 Å². The van der Waals surface area contributed by atoms with Crippen LogP contribution in [0.4, 0.5) is 11.4 Å². The molecule has 134 valence electrons. The molecule has 0 unspecified atom stereocenters. The van der Waals surface area contributed by atoms with Gasteiger partial charge in [-0.05, 0) is 54.8 Å². The van der Waals surface area contributed by atoms with E-state index < -0.39 is 0 Å². The predicted molar refractivity (Wildman–Crippen MR) is 102 cm³/mol. The molecular weight excluding hydrogens is 340 g/mol.